The number of methoxy groups -OCH3 is 2. The number of likely N-dealkylation sites (tertiary alicyclic amines) is 1. The number of aromatic amines is 1. The number of halogens is 1. The quantitative estimate of drug-likeness (QED) is 0.381. The lowest BCUT2D eigenvalue weighted by molar-refractivity contribution is -0.132. The molecular weight excluding hydrogens is 479 g/mol. The number of esters is 1. The van der Waals surface area contributed by atoms with Gasteiger partial charge in [-0.1, -0.05) is 5.21 Å². The van der Waals surface area contributed by atoms with Crippen molar-refractivity contribution in [2.45, 2.75) is 31.7 Å². The molecule has 1 amide bonds. The van der Waals surface area contributed by atoms with Crippen molar-refractivity contribution in [2.75, 3.05) is 27.3 Å². The Balaban J connectivity index is 1.52. The number of nitrogens with one attached hydrogen (secondary N) is 1. The van der Waals surface area contributed by atoms with Gasteiger partial charge in [-0.3, -0.25) is 14.5 Å². The number of hydrogen-bond donors (Lipinski definition) is 1. The van der Waals surface area contributed by atoms with E-state index in [2.05, 4.69) is 20.3 Å². The van der Waals surface area contributed by atoms with Crippen molar-refractivity contribution in [3.05, 3.63) is 60.1 Å². The molecule has 3 aromatic heterocycles. The Kier molecular flexibility index (Phi) is 6.85. The minimum Gasteiger partial charge on any atom is -0.496 e. The number of aryl methyl sites for hydroxylation is 1. The molecule has 1 atom stereocenters. The third kappa shape index (κ3) is 4.76. The summed E-state index contributed by atoms with van der Waals surface area (Å²) in [5, 5.41) is 8.19. The van der Waals surface area contributed by atoms with E-state index < -0.39 is 11.8 Å². The van der Waals surface area contributed by atoms with Crippen molar-refractivity contribution in [2.24, 2.45) is 0 Å². The largest absolute Gasteiger partial charge is 0.496 e. The Morgan fingerprint density at radius 1 is 1.22 bits per heavy atom. The average Bonchev–Trinajstić information content (AvgIpc) is 3.62. The predicted octanol–water partition coefficient (Wildman–Crippen LogP) is 3.55. The summed E-state index contributed by atoms with van der Waals surface area (Å²) in [6.45, 7) is 1.45. The monoisotopic (exact) mass is 506 g/mol. The molecule has 0 saturated carbocycles. The van der Waals surface area contributed by atoms with Crippen LogP contribution in [0.4, 0.5) is 4.39 Å². The first kappa shape index (κ1) is 24.4. The zero-order chi connectivity index (χ0) is 25.9. The first-order chi connectivity index (χ1) is 18.0. The molecule has 1 aliphatic rings. The number of fused-ring (bicyclic) bond motifs is 1. The molecule has 1 fully saturated rings. The summed E-state index contributed by atoms with van der Waals surface area (Å²) in [6.07, 6.45) is 8.32. The molecular formula is C26H27FN6O4. The molecule has 11 heteroatoms. The molecule has 10 nitrogen and oxygen atoms in total. The molecule has 1 N–H and O–H groups in total. The fourth-order valence-corrected chi connectivity index (χ4v) is 4.96. The van der Waals surface area contributed by atoms with E-state index in [1.807, 2.05) is 0 Å². The fraction of sp³-hybridized carbons (Fsp3) is 0.346. The van der Waals surface area contributed by atoms with Gasteiger partial charge in [0.1, 0.15) is 11.4 Å². The summed E-state index contributed by atoms with van der Waals surface area (Å²) >= 11 is 0. The van der Waals surface area contributed by atoms with Gasteiger partial charge in [0.2, 0.25) is 5.91 Å². The molecule has 1 saturated heterocycles. The molecule has 0 aliphatic carbocycles. The Morgan fingerprint density at radius 3 is 2.84 bits per heavy atom. The number of benzene rings is 1. The first-order valence-electron chi connectivity index (χ1n) is 12.0. The van der Waals surface area contributed by atoms with E-state index in [9.17, 15) is 9.59 Å². The molecule has 0 bridgehead atoms. The summed E-state index contributed by atoms with van der Waals surface area (Å²) in [5.41, 5.74) is 2.17. The second-order valence-electron chi connectivity index (χ2n) is 8.96. The fourth-order valence-electron chi connectivity index (χ4n) is 4.96. The van der Waals surface area contributed by atoms with Gasteiger partial charge in [0.15, 0.2) is 5.82 Å². The zero-order valence-corrected chi connectivity index (χ0v) is 20.6. The van der Waals surface area contributed by atoms with Crippen LogP contribution in [-0.2, 0) is 16.1 Å². The number of carbonyl (C=O) groups is 2. The van der Waals surface area contributed by atoms with Gasteiger partial charge >= 0.3 is 5.97 Å². The molecule has 0 radical (unpaired) electrons. The summed E-state index contributed by atoms with van der Waals surface area (Å²) < 4.78 is 28.0. The van der Waals surface area contributed by atoms with Crippen molar-refractivity contribution in [3.8, 4) is 16.9 Å². The van der Waals surface area contributed by atoms with Crippen LogP contribution in [0.25, 0.3) is 22.0 Å². The van der Waals surface area contributed by atoms with E-state index in [0.717, 1.165) is 12.8 Å². The number of carbonyl (C=O) groups excluding carboxylic acids is 2. The normalized spacial score (nSPS) is 15.6. The third-order valence-corrected chi connectivity index (χ3v) is 6.82. The number of amides is 1. The Morgan fingerprint density at radius 2 is 2.08 bits per heavy atom. The average molecular weight is 507 g/mol. The van der Waals surface area contributed by atoms with Crippen LogP contribution in [0.5, 0.6) is 5.75 Å². The number of H-pyrrole nitrogens is 1. The van der Waals surface area contributed by atoms with Gasteiger partial charge in [0, 0.05) is 55.0 Å². The zero-order valence-electron chi connectivity index (χ0n) is 20.6. The lowest BCUT2D eigenvalue weighted by Crippen LogP contribution is -2.39. The molecule has 192 valence electrons. The van der Waals surface area contributed by atoms with E-state index in [4.69, 9.17) is 9.47 Å². The maximum absolute atomic E-state index is 16.0. The minimum absolute atomic E-state index is 0.0105. The summed E-state index contributed by atoms with van der Waals surface area (Å²) in [6, 6.07) is 5.10. The smallest absolute Gasteiger partial charge is 0.354 e. The van der Waals surface area contributed by atoms with Crippen molar-refractivity contribution in [1.82, 2.24) is 29.9 Å². The molecule has 0 unspecified atom stereocenters. The molecule has 1 aliphatic heterocycles. The topological polar surface area (TPSA) is 115 Å². The van der Waals surface area contributed by atoms with Crippen LogP contribution >= 0.6 is 0 Å². The van der Waals surface area contributed by atoms with E-state index in [1.54, 1.807) is 59.7 Å². The third-order valence-electron chi connectivity index (χ3n) is 6.82. The van der Waals surface area contributed by atoms with E-state index in [-0.39, 0.29) is 29.5 Å². The second-order valence-corrected chi connectivity index (χ2v) is 8.96. The van der Waals surface area contributed by atoms with Gasteiger partial charge in [-0.2, -0.15) is 0 Å². The van der Waals surface area contributed by atoms with Gasteiger partial charge in [0.25, 0.3) is 0 Å². The molecule has 4 heterocycles. The number of hydrogen-bond acceptors (Lipinski definition) is 7. The SMILES string of the molecule is COC(=O)c1cc2c(-c3cnccc3OC)cc([C@H]3CCCN(C(=O)CCn4ccnn4)C3)c(F)c2[nH]1. The Hall–Kier alpha value is -4.28. The highest BCUT2D eigenvalue weighted by Crippen LogP contribution is 2.40. The second kappa shape index (κ2) is 10.4. The number of nitrogens with zero attached hydrogens (tertiary/aromatic N) is 5. The van der Waals surface area contributed by atoms with Gasteiger partial charge < -0.3 is 19.4 Å². The Labute approximate surface area is 212 Å². The van der Waals surface area contributed by atoms with Crippen molar-refractivity contribution in [3.63, 3.8) is 0 Å². The van der Waals surface area contributed by atoms with Crippen molar-refractivity contribution >= 4 is 22.8 Å². The standard InChI is InChI=1S/C26H27FN6O4/c1-36-22-5-7-28-14-20(22)18-12-17(24(27)25-19(18)13-21(30-25)26(35)37-2)16-4-3-9-32(15-16)23(34)6-10-33-11-8-29-31-33/h5,7-8,11-14,16,30H,3-4,6,9-10,15H2,1-2H3/t16-/m0/s1. The summed E-state index contributed by atoms with van der Waals surface area (Å²) in [4.78, 5) is 34.1. The van der Waals surface area contributed by atoms with E-state index >= 15 is 4.39 Å². The highest BCUT2D eigenvalue weighted by molar-refractivity contribution is 6.02. The molecule has 4 aromatic rings. The van der Waals surface area contributed by atoms with Crippen LogP contribution in [0.15, 0.2) is 43.0 Å². The molecule has 5 rings (SSSR count). The van der Waals surface area contributed by atoms with Crippen LogP contribution in [0.3, 0.4) is 0 Å². The van der Waals surface area contributed by atoms with Crippen LogP contribution in [0.2, 0.25) is 0 Å². The van der Waals surface area contributed by atoms with Crippen molar-refractivity contribution < 1.29 is 23.5 Å². The highest BCUT2D eigenvalue weighted by Gasteiger charge is 2.29. The minimum atomic E-state index is -0.594. The number of ether oxygens (including phenoxy) is 2. The first-order valence-corrected chi connectivity index (χ1v) is 12.0. The lowest BCUT2D eigenvalue weighted by Gasteiger charge is -2.33. The number of pyridine rings is 1. The highest BCUT2D eigenvalue weighted by atomic mass is 19.1. The lowest BCUT2D eigenvalue weighted by atomic mass is 9.87. The van der Waals surface area contributed by atoms with Gasteiger partial charge in [-0.05, 0) is 42.2 Å². The Bertz CT molecular complexity index is 1430. The van der Waals surface area contributed by atoms with Gasteiger partial charge in [0.05, 0.1) is 32.5 Å². The van der Waals surface area contributed by atoms with E-state index in [1.165, 1.54) is 7.11 Å². The van der Waals surface area contributed by atoms with Crippen LogP contribution in [0, 0.1) is 5.82 Å². The predicted molar refractivity (Wildman–Crippen MR) is 133 cm³/mol. The van der Waals surface area contributed by atoms with Gasteiger partial charge in [-0.15, -0.1) is 5.10 Å². The van der Waals surface area contributed by atoms with Crippen LogP contribution < -0.4 is 4.74 Å². The van der Waals surface area contributed by atoms with Crippen molar-refractivity contribution in [1.29, 1.82) is 0 Å². The molecule has 37 heavy (non-hydrogen) atoms. The van der Waals surface area contributed by atoms with Crippen LogP contribution in [0.1, 0.15) is 41.2 Å². The molecule has 1 aromatic carbocycles. The maximum Gasteiger partial charge on any atom is 0.354 e. The summed E-state index contributed by atoms with van der Waals surface area (Å²) in [7, 11) is 2.83. The summed E-state index contributed by atoms with van der Waals surface area (Å²) in [5.74, 6) is -0.701. The van der Waals surface area contributed by atoms with Crippen LogP contribution in [-0.4, -0.2) is 69.0 Å². The number of piperidine rings is 1. The number of rotatable bonds is 7. The van der Waals surface area contributed by atoms with Gasteiger partial charge in [-0.25, -0.2) is 9.18 Å². The molecule has 0 spiro atoms. The number of aromatic nitrogens is 5. The maximum atomic E-state index is 16.0. The van der Waals surface area contributed by atoms with E-state index in [0.29, 0.717) is 47.5 Å².